The van der Waals surface area contributed by atoms with E-state index < -0.39 is 4.92 Å². The van der Waals surface area contributed by atoms with Gasteiger partial charge in [-0.1, -0.05) is 0 Å². The number of non-ortho nitro benzene ring substituents is 1. The fraction of sp³-hybridized carbons (Fsp3) is 0.250. The molecule has 1 unspecified atom stereocenters. The van der Waals surface area contributed by atoms with Crippen LogP contribution in [0.5, 0.6) is 0 Å². The van der Waals surface area contributed by atoms with Crippen molar-refractivity contribution in [2.24, 2.45) is 0 Å². The maximum absolute atomic E-state index is 12.0. The second kappa shape index (κ2) is 8.88. The first kappa shape index (κ1) is 18.5. The summed E-state index contributed by atoms with van der Waals surface area (Å²) in [6, 6.07) is 9.19. The number of carbonyl (C=O) groups is 2. The summed E-state index contributed by atoms with van der Waals surface area (Å²) in [7, 11) is 0. The predicted octanol–water partition coefficient (Wildman–Crippen LogP) is 2.21. The smallest absolute Gasteiger partial charge is 0.287 e. The van der Waals surface area contributed by atoms with Gasteiger partial charge in [0.1, 0.15) is 0 Å². The highest BCUT2D eigenvalue weighted by Crippen LogP contribution is 2.25. The molecular weight excluding hydrogens is 346 g/mol. The van der Waals surface area contributed by atoms with Crippen LogP contribution in [0.25, 0.3) is 0 Å². The third kappa shape index (κ3) is 5.64. The molecule has 0 aliphatic rings. The first-order chi connectivity index (χ1) is 12.0. The van der Waals surface area contributed by atoms with Crippen LogP contribution in [0.1, 0.15) is 17.5 Å². The van der Waals surface area contributed by atoms with E-state index in [4.69, 9.17) is 4.42 Å². The Kier molecular flexibility index (Phi) is 6.58. The molecule has 1 aromatic carbocycles. The zero-order chi connectivity index (χ0) is 18.2. The SMILES string of the molecule is CC(Sc1ccc([N+](=O)[O-])cc1)C(=O)NCCNC(=O)c1ccco1. The van der Waals surface area contributed by atoms with Gasteiger partial charge in [0.2, 0.25) is 5.91 Å². The fourth-order valence-electron chi connectivity index (χ4n) is 1.90. The minimum atomic E-state index is -0.471. The Labute approximate surface area is 148 Å². The summed E-state index contributed by atoms with van der Waals surface area (Å²) in [4.78, 5) is 34.6. The number of thioether (sulfide) groups is 1. The highest BCUT2D eigenvalue weighted by atomic mass is 32.2. The molecule has 1 atom stereocenters. The first-order valence-corrected chi connectivity index (χ1v) is 8.36. The lowest BCUT2D eigenvalue weighted by molar-refractivity contribution is -0.384. The Bertz CT molecular complexity index is 731. The largest absolute Gasteiger partial charge is 0.459 e. The molecule has 0 radical (unpaired) electrons. The summed E-state index contributed by atoms with van der Waals surface area (Å²) < 4.78 is 4.96. The van der Waals surface area contributed by atoms with Gasteiger partial charge < -0.3 is 15.1 Å². The van der Waals surface area contributed by atoms with Gasteiger partial charge in [-0.15, -0.1) is 11.8 Å². The first-order valence-electron chi connectivity index (χ1n) is 7.48. The molecule has 132 valence electrons. The number of nitrogens with zero attached hydrogens (tertiary/aromatic N) is 1. The molecule has 2 rings (SSSR count). The number of rotatable bonds is 8. The van der Waals surface area contributed by atoms with Crippen LogP contribution in [0.15, 0.2) is 52.0 Å². The van der Waals surface area contributed by atoms with Crippen molar-refractivity contribution < 1.29 is 18.9 Å². The topological polar surface area (TPSA) is 114 Å². The maximum Gasteiger partial charge on any atom is 0.287 e. The molecule has 1 aromatic heterocycles. The summed E-state index contributed by atoms with van der Waals surface area (Å²) in [5, 5.41) is 15.6. The number of nitrogens with one attached hydrogen (secondary N) is 2. The number of amides is 2. The molecule has 2 aromatic rings. The Morgan fingerprint density at radius 3 is 2.48 bits per heavy atom. The van der Waals surface area contributed by atoms with Crippen molar-refractivity contribution >= 4 is 29.3 Å². The number of benzene rings is 1. The molecule has 0 bridgehead atoms. The monoisotopic (exact) mass is 363 g/mol. The average molecular weight is 363 g/mol. The minimum Gasteiger partial charge on any atom is -0.459 e. The third-order valence-corrected chi connectivity index (χ3v) is 4.30. The quantitative estimate of drug-likeness (QED) is 0.322. The van der Waals surface area contributed by atoms with Crippen LogP contribution in [0.4, 0.5) is 5.69 Å². The summed E-state index contributed by atoms with van der Waals surface area (Å²) in [6.07, 6.45) is 1.41. The van der Waals surface area contributed by atoms with Crippen molar-refractivity contribution in [1.82, 2.24) is 10.6 Å². The number of nitro groups is 1. The molecule has 8 nitrogen and oxygen atoms in total. The summed E-state index contributed by atoms with van der Waals surface area (Å²) in [6.45, 7) is 2.31. The molecule has 1 heterocycles. The zero-order valence-electron chi connectivity index (χ0n) is 13.4. The van der Waals surface area contributed by atoms with E-state index >= 15 is 0 Å². The molecule has 0 spiro atoms. The summed E-state index contributed by atoms with van der Waals surface area (Å²) in [5.41, 5.74) is 0.00810. The Balaban J connectivity index is 1.71. The maximum atomic E-state index is 12.0. The van der Waals surface area contributed by atoms with E-state index in [1.165, 1.54) is 30.2 Å². The molecule has 2 N–H and O–H groups in total. The van der Waals surface area contributed by atoms with E-state index in [0.717, 1.165) is 4.90 Å². The van der Waals surface area contributed by atoms with Crippen molar-refractivity contribution in [3.8, 4) is 0 Å². The average Bonchev–Trinajstić information content (AvgIpc) is 3.13. The van der Waals surface area contributed by atoms with Crippen LogP contribution in [0.3, 0.4) is 0 Å². The van der Waals surface area contributed by atoms with Gasteiger partial charge in [0.05, 0.1) is 16.4 Å². The molecule has 0 aliphatic heterocycles. The molecule has 0 fully saturated rings. The second-order valence-corrected chi connectivity index (χ2v) is 6.45. The van der Waals surface area contributed by atoms with E-state index in [2.05, 4.69) is 10.6 Å². The van der Waals surface area contributed by atoms with Crippen LogP contribution in [-0.4, -0.2) is 35.1 Å². The van der Waals surface area contributed by atoms with E-state index in [0.29, 0.717) is 0 Å². The highest BCUT2D eigenvalue weighted by Gasteiger charge is 2.15. The van der Waals surface area contributed by atoms with Gasteiger partial charge in [-0.2, -0.15) is 0 Å². The normalized spacial score (nSPS) is 11.6. The molecule has 25 heavy (non-hydrogen) atoms. The lowest BCUT2D eigenvalue weighted by Crippen LogP contribution is -2.37. The molecule has 2 amide bonds. The van der Waals surface area contributed by atoms with Crippen molar-refractivity contribution in [3.63, 3.8) is 0 Å². The van der Waals surface area contributed by atoms with E-state index in [9.17, 15) is 19.7 Å². The van der Waals surface area contributed by atoms with E-state index in [1.54, 1.807) is 31.2 Å². The minimum absolute atomic E-state index is 0.00810. The van der Waals surface area contributed by atoms with E-state index in [-0.39, 0.29) is 41.6 Å². The highest BCUT2D eigenvalue weighted by molar-refractivity contribution is 8.00. The van der Waals surface area contributed by atoms with Crippen LogP contribution in [-0.2, 0) is 4.79 Å². The summed E-state index contributed by atoms with van der Waals surface area (Å²) in [5.74, 6) is -0.309. The lowest BCUT2D eigenvalue weighted by Gasteiger charge is -2.12. The molecule has 0 aliphatic carbocycles. The number of furan rings is 1. The van der Waals surface area contributed by atoms with E-state index in [1.807, 2.05) is 0 Å². The zero-order valence-corrected chi connectivity index (χ0v) is 14.2. The Morgan fingerprint density at radius 1 is 1.20 bits per heavy atom. The van der Waals surface area contributed by atoms with Crippen LogP contribution >= 0.6 is 11.8 Å². The number of carbonyl (C=O) groups excluding carboxylic acids is 2. The van der Waals surface area contributed by atoms with Crippen molar-refractivity contribution in [3.05, 3.63) is 58.5 Å². The standard InChI is InChI=1S/C16H17N3O5S/c1-11(25-13-6-4-12(5-7-13)19(22)23)15(20)17-8-9-18-16(21)14-3-2-10-24-14/h2-7,10-11H,8-9H2,1H3,(H,17,20)(H,18,21). The van der Waals surface area contributed by atoms with Crippen LogP contribution < -0.4 is 10.6 Å². The third-order valence-electron chi connectivity index (χ3n) is 3.18. The number of nitro benzene ring substituents is 1. The van der Waals surface area contributed by atoms with Gasteiger partial charge in [-0.3, -0.25) is 19.7 Å². The number of hydrogen-bond donors (Lipinski definition) is 2. The molecular formula is C16H17N3O5S. The van der Waals surface area contributed by atoms with Gasteiger partial charge in [-0.25, -0.2) is 0 Å². The Morgan fingerprint density at radius 2 is 1.88 bits per heavy atom. The van der Waals surface area contributed by atoms with Gasteiger partial charge in [0, 0.05) is 30.1 Å². The van der Waals surface area contributed by atoms with Gasteiger partial charge in [0.25, 0.3) is 11.6 Å². The lowest BCUT2D eigenvalue weighted by atomic mass is 10.3. The van der Waals surface area contributed by atoms with Crippen molar-refractivity contribution in [1.29, 1.82) is 0 Å². The number of hydrogen-bond acceptors (Lipinski definition) is 6. The molecule has 9 heteroatoms. The van der Waals surface area contributed by atoms with Gasteiger partial charge in [-0.05, 0) is 31.2 Å². The fourth-order valence-corrected chi connectivity index (χ4v) is 2.80. The Hall–Kier alpha value is -2.81. The van der Waals surface area contributed by atoms with Crippen LogP contribution in [0.2, 0.25) is 0 Å². The molecule has 0 saturated carbocycles. The van der Waals surface area contributed by atoms with Crippen molar-refractivity contribution in [2.75, 3.05) is 13.1 Å². The summed E-state index contributed by atoms with van der Waals surface area (Å²) >= 11 is 1.30. The van der Waals surface area contributed by atoms with Crippen LogP contribution in [0, 0.1) is 10.1 Å². The van der Waals surface area contributed by atoms with Crippen molar-refractivity contribution in [2.45, 2.75) is 17.1 Å². The van der Waals surface area contributed by atoms with Gasteiger partial charge in [0.15, 0.2) is 5.76 Å². The molecule has 0 saturated heterocycles. The predicted molar refractivity (Wildman–Crippen MR) is 92.5 cm³/mol. The second-order valence-electron chi connectivity index (χ2n) is 5.04. The van der Waals surface area contributed by atoms with Gasteiger partial charge >= 0.3 is 0 Å².